The second-order valence-corrected chi connectivity index (χ2v) is 31.6. The number of imidazole rings is 1. The van der Waals surface area contributed by atoms with E-state index < -0.39 is 0 Å². The number of nitrogens with two attached hydrogens (primary N) is 2. The van der Waals surface area contributed by atoms with E-state index in [0.29, 0.717) is 25.0 Å². The molecule has 0 aliphatic carbocycles. The number of aromatic nitrogens is 25. The lowest BCUT2D eigenvalue weighted by Crippen LogP contribution is -2.25. The first kappa shape index (κ1) is 90.6. The van der Waals surface area contributed by atoms with Gasteiger partial charge < -0.3 is 45.3 Å². The summed E-state index contributed by atoms with van der Waals surface area (Å²) in [6.07, 6.45) is 37.3. The van der Waals surface area contributed by atoms with Gasteiger partial charge in [-0.3, -0.25) is 49.7 Å². The smallest absolute Gasteiger partial charge is 0.155 e. The van der Waals surface area contributed by atoms with E-state index >= 15 is 0 Å². The van der Waals surface area contributed by atoms with Crippen molar-refractivity contribution in [1.82, 2.24) is 154 Å². The van der Waals surface area contributed by atoms with Gasteiger partial charge in [0.05, 0.1) is 102 Å². The second kappa shape index (κ2) is 46.0. The van der Waals surface area contributed by atoms with Crippen LogP contribution < -0.4 is 11.5 Å². The summed E-state index contributed by atoms with van der Waals surface area (Å²) in [5, 5.41) is 68.3. The molecule has 0 saturated carbocycles. The van der Waals surface area contributed by atoms with Crippen molar-refractivity contribution in [2.24, 2.45) is 17.4 Å². The zero-order valence-electron chi connectivity index (χ0n) is 73.2. The predicted octanol–water partition coefficient (Wildman–Crippen LogP) is 12.5. The molecule has 14 aromatic heterocycles. The van der Waals surface area contributed by atoms with Crippen LogP contribution >= 0.6 is 0 Å². The number of H-pyrrole nitrogens is 7. The zero-order valence-corrected chi connectivity index (χ0v) is 73.2. The highest BCUT2D eigenvalue weighted by atomic mass is 15.3. The summed E-state index contributed by atoms with van der Waals surface area (Å²) in [5.41, 5.74) is 36.4. The summed E-state index contributed by atoms with van der Waals surface area (Å²) in [6.45, 7) is 35.8. The summed E-state index contributed by atoms with van der Waals surface area (Å²) in [4.78, 5) is 22.0. The Morgan fingerprint density at radius 2 is 0.808 bits per heavy atom. The van der Waals surface area contributed by atoms with Crippen LogP contribution in [0.2, 0.25) is 0 Å². The fraction of sp³-hybridized carbons (Fsp3) is 0.437. The fourth-order valence-corrected chi connectivity index (χ4v) is 14.3. The van der Waals surface area contributed by atoms with Crippen LogP contribution in [0.15, 0.2) is 160 Å². The molecule has 120 heavy (non-hydrogen) atoms. The molecule has 15 rings (SSSR count). The number of likely N-dealkylation sites (N-methyl/N-ethyl adjacent to an activating group) is 2. The van der Waals surface area contributed by atoms with Crippen molar-refractivity contribution in [2.75, 3.05) is 94.6 Å². The molecule has 11 N–H and O–H groups in total. The molecule has 0 unspecified atom stereocenters. The maximum absolute atomic E-state index is 5.58. The predicted molar refractivity (Wildman–Crippen MR) is 476 cm³/mol. The molecule has 0 radical (unpaired) electrons. The van der Waals surface area contributed by atoms with Gasteiger partial charge in [-0.25, -0.2) is 14.5 Å². The maximum Gasteiger partial charge on any atom is 0.155 e. The number of hydrogen-bond donors (Lipinski definition) is 9. The Labute approximate surface area is 705 Å². The van der Waals surface area contributed by atoms with Crippen molar-refractivity contribution in [3.8, 4) is 67.5 Å². The molecule has 0 bridgehead atoms. The first-order valence-electron chi connectivity index (χ1n) is 41.7. The van der Waals surface area contributed by atoms with Crippen molar-refractivity contribution in [3.05, 3.63) is 210 Å². The van der Waals surface area contributed by atoms with Crippen LogP contribution in [0, 0.1) is 19.8 Å². The maximum atomic E-state index is 5.58. The van der Waals surface area contributed by atoms with Gasteiger partial charge in [0.15, 0.2) is 5.65 Å². The highest BCUT2D eigenvalue weighted by molar-refractivity contribution is 5.68. The molecule has 0 aliphatic rings. The number of nitrogens with one attached hydrogen (secondary N) is 7. The van der Waals surface area contributed by atoms with Gasteiger partial charge in [-0.05, 0) is 158 Å². The first-order valence-corrected chi connectivity index (χ1v) is 41.7. The molecule has 14 heterocycles. The average molecular weight is 1640 g/mol. The number of hydrogen-bond acceptors (Lipinski definition) is 21. The largest absolute Gasteiger partial charge is 0.329 e. The number of fused-ring (bicyclic) bond motifs is 2. The Bertz CT molecular complexity index is 5230. The normalized spacial score (nSPS) is 11.5. The zero-order chi connectivity index (χ0) is 85.5. The minimum Gasteiger partial charge on any atom is -0.329 e. The van der Waals surface area contributed by atoms with Crippen molar-refractivity contribution < 1.29 is 0 Å². The number of nitrogens with zero attached hydrogens (tertiary/aromatic N) is 24. The van der Waals surface area contributed by atoms with Crippen molar-refractivity contribution in [2.45, 2.75) is 153 Å². The topological polar surface area (TPSA) is 373 Å². The number of aromatic amines is 7. The van der Waals surface area contributed by atoms with Crippen LogP contribution in [0.1, 0.15) is 137 Å². The van der Waals surface area contributed by atoms with E-state index in [2.05, 4.69) is 277 Å². The molecule has 33 heteroatoms. The van der Waals surface area contributed by atoms with Crippen LogP contribution in [0.25, 0.3) is 78.8 Å². The Kier molecular flexibility index (Phi) is 34.8. The average Bonchev–Trinajstić information content (AvgIpc) is 1.66. The first-order chi connectivity index (χ1) is 58.1. The van der Waals surface area contributed by atoms with Gasteiger partial charge in [0.25, 0.3) is 0 Å². The molecular weight excluding hydrogens is 1510 g/mol. The van der Waals surface area contributed by atoms with Crippen molar-refractivity contribution in [1.29, 1.82) is 0 Å². The Hall–Kier alpha value is -11.7. The van der Waals surface area contributed by atoms with Gasteiger partial charge >= 0.3 is 0 Å². The second-order valence-electron chi connectivity index (χ2n) is 31.6. The Morgan fingerprint density at radius 1 is 0.400 bits per heavy atom. The standard InChI is InChI=1S/C18H23N5.C15H25N5.C14H18N6.C14H23N5.C13H17N7.C13H21N5/c1-3-9-22(2)13-16-10-19-21-18(16)17-11-20-23(14-17)12-15-7-5-4-6-8-15;1-5-6-19(4)10-13-7-16-18-15(13)14-8-17-20(11-14)9-12(2)3;1-19(6-4-15)9-12-8-17-18-14(12)11-2-3-13-16-5-7-20(13)10-11;1-5-6-18(4)9-12-7-15-17-14(12)13-8-16-19(10-13)11(2)3;1-19(5-4-14)7-11-6-16-18-13(11)10-2-3-12-15-9-17-20(12)8-10;1-5-6-18(4)8-11-7-14-17-13(11)12-9(2)15-16-10(12)3/h4-8,10-11,14H,3,9,12-13H2,1-2H3,(H,19,21);7-8,11-12H,5-6,9-10H2,1-4H3,(H,16,18);2-3,5,7-8,10H,4,6,9,15H2,1H3,(H,17,18);7-8,10-11H,5-6,9H2,1-4H3,(H,15,17);2-3,6,8-9H,4-5,7,14H2,1H3,(H,16,18);7H,5-6,8H2,1-4H3,(H,14,17)(H,15,16). The molecule has 1 aromatic carbocycles. The van der Waals surface area contributed by atoms with Gasteiger partial charge in [0.1, 0.15) is 12.0 Å². The molecule has 0 atom stereocenters. The monoisotopic (exact) mass is 1630 g/mol. The van der Waals surface area contributed by atoms with Crippen LogP contribution in [-0.4, -0.2) is 249 Å². The SMILES string of the molecule is CCCN(C)Cc1cn[nH]c1-c1c(C)n[nH]c1C.CCCN(C)Cc1cn[nH]c1-c1cnn(C(C)C)c1.CCCN(C)Cc1cn[nH]c1-c1cnn(CC(C)C)c1.CCCN(C)Cc1cn[nH]c1-c1cnn(Cc2ccccc2)c1.CN(CCN)Cc1cn[nH]c1-c1ccc2nccn2c1.CN(CCN)Cc1cn[nH]c1-c1ccc2ncnn2c1. The molecule has 0 aliphatic heterocycles. The van der Waals surface area contributed by atoms with Gasteiger partial charge in [-0.2, -0.15) is 56.1 Å². The van der Waals surface area contributed by atoms with Gasteiger partial charge in [-0.1, -0.05) is 71.9 Å². The number of pyridine rings is 2. The third-order valence-corrected chi connectivity index (χ3v) is 20.0. The van der Waals surface area contributed by atoms with E-state index in [4.69, 9.17) is 11.5 Å². The molecule has 0 fully saturated rings. The number of aryl methyl sites for hydroxylation is 2. The molecule has 33 nitrogen and oxygen atoms in total. The van der Waals surface area contributed by atoms with E-state index in [1.165, 1.54) is 33.4 Å². The van der Waals surface area contributed by atoms with Crippen molar-refractivity contribution >= 4 is 11.3 Å². The van der Waals surface area contributed by atoms with E-state index in [0.717, 1.165) is 213 Å². The van der Waals surface area contributed by atoms with Gasteiger partial charge in [0, 0.05) is 194 Å². The summed E-state index contributed by atoms with van der Waals surface area (Å²) >= 11 is 0. The summed E-state index contributed by atoms with van der Waals surface area (Å²) in [7, 11) is 12.7. The molecule has 0 saturated heterocycles. The molecule has 15 aromatic rings. The third-order valence-electron chi connectivity index (χ3n) is 20.0. The van der Waals surface area contributed by atoms with E-state index in [1.807, 2.05) is 132 Å². The van der Waals surface area contributed by atoms with Gasteiger partial charge in [0.2, 0.25) is 0 Å². The Morgan fingerprint density at radius 3 is 1.24 bits per heavy atom. The summed E-state index contributed by atoms with van der Waals surface area (Å²) < 4.78 is 9.69. The lowest BCUT2D eigenvalue weighted by molar-refractivity contribution is 0.328. The van der Waals surface area contributed by atoms with E-state index in [-0.39, 0.29) is 0 Å². The minimum atomic E-state index is 0.378. The molecule has 640 valence electrons. The highest BCUT2D eigenvalue weighted by Crippen LogP contribution is 2.30. The summed E-state index contributed by atoms with van der Waals surface area (Å²) in [6, 6.07) is 18.8. The molecule has 0 amide bonds. The number of rotatable bonds is 35. The van der Waals surface area contributed by atoms with E-state index in [9.17, 15) is 0 Å². The molecule has 0 spiro atoms. The van der Waals surface area contributed by atoms with Crippen LogP contribution in [-0.2, 0) is 52.4 Å². The lowest BCUT2D eigenvalue weighted by Gasteiger charge is -2.15. The van der Waals surface area contributed by atoms with E-state index in [1.54, 1.807) is 17.0 Å². The van der Waals surface area contributed by atoms with Crippen LogP contribution in [0.5, 0.6) is 0 Å². The highest BCUT2D eigenvalue weighted by Gasteiger charge is 2.20. The van der Waals surface area contributed by atoms with Crippen LogP contribution in [0.4, 0.5) is 0 Å². The third kappa shape index (κ3) is 26.2. The minimum absolute atomic E-state index is 0.378. The fourth-order valence-electron chi connectivity index (χ4n) is 14.3. The Balaban J connectivity index is 0.000000152. The van der Waals surface area contributed by atoms with Crippen LogP contribution in [0.3, 0.4) is 0 Å². The summed E-state index contributed by atoms with van der Waals surface area (Å²) in [5.74, 6) is 0.597. The number of benzene rings is 1. The molecular formula is C87H127N33. The quantitative estimate of drug-likeness (QED) is 0.0178. The van der Waals surface area contributed by atoms with Gasteiger partial charge in [-0.15, -0.1) is 0 Å². The lowest BCUT2D eigenvalue weighted by atomic mass is 10.1. The van der Waals surface area contributed by atoms with Crippen molar-refractivity contribution in [3.63, 3.8) is 0 Å².